The number of nitrogens with two attached hydrogens (primary N) is 2. The molecule has 0 aliphatic rings. The monoisotopic (exact) mass is 891 g/mol. The average Bonchev–Trinajstić information content (AvgIpc) is 3.21. The summed E-state index contributed by atoms with van der Waals surface area (Å²) in [5.74, 6) is -7.06. The maximum absolute atomic E-state index is 14.1. The van der Waals surface area contributed by atoms with Gasteiger partial charge in [0, 0.05) is 6.42 Å². The van der Waals surface area contributed by atoms with Crippen LogP contribution in [0.3, 0.4) is 0 Å². The maximum Gasteiger partial charge on any atom is 0.416 e. The van der Waals surface area contributed by atoms with Crippen molar-refractivity contribution in [1.29, 1.82) is 0 Å². The molecule has 0 saturated carbocycles. The van der Waals surface area contributed by atoms with E-state index < -0.39 is 114 Å². The molecule has 0 saturated heterocycles. The van der Waals surface area contributed by atoms with Gasteiger partial charge >= 0.3 is 12.1 Å². The van der Waals surface area contributed by atoms with Gasteiger partial charge < -0.3 is 53.8 Å². The minimum atomic E-state index is -4.69. The predicted octanol–water partition coefficient (Wildman–Crippen LogP) is 0.162. The topological polar surface area (TPSA) is 293 Å². The number of alkyl halides is 3. The molecule has 2 aromatic carbocycles. The van der Waals surface area contributed by atoms with Crippen molar-refractivity contribution in [2.75, 3.05) is 13.1 Å². The van der Waals surface area contributed by atoms with Gasteiger partial charge in [0.2, 0.25) is 41.4 Å². The lowest BCUT2D eigenvalue weighted by molar-refractivity contribution is -0.139. The van der Waals surface area contributed by atoms with Gasteiger partial charge in [0.05, 0.1) is 11.6 Å². The van der Waals surface area contributed by atoms with E-state index in [9.17, 15) is 51.5 Å². The molecule has 2 aromatic rings. The highest BCUT2D eigenvalue weighted by atomic mass is 19.4. The zero-order chi connectivity index (χ0) is 47.4. The number of carboxylic acids is 1. The fourth-order valence-electron chi connectivity index (χ4n) is 6.15. The van der Waals surface area contributed by atoms with Crippen LogP contribution < -0.4 is 48.7 Å². The Hall–Kier alpha value is -6.09. The Labute approximate surface area is 364 Å². The number of carbonyl (C=O) groups is 8. The Balaban J connectivity index is 2.25. The molecule has 7 atom stereocenters. The summed E-state index contributed by atoms with van der Waals surface area (Å²) in [6.45, 7) is 7.13. The first-order valence-corrected chi connectivity index (χ1v) is 20.5. The fourth-order valence-corrected chi connectivity index (χ4v) is 6.15. The van der Waals surface area contributed by atoms with Gasteiger partial charge in [-0.3, -0.25) is 38.4 Å². The van der Waals surface area contributed by atoms with Gasteiger partial charge in [-0.2, -0.15) is 13.2 Å². The van der Waals surface area contributed by atoms with Crippen molar-refractivity contribution in [1.82, 2.24) is 37.2 Å². The van der Waals surface area contributed by atoms with Gasteiger partial charge in [-0.05, 0) is 82.5 Å². The number of aliphatic carboxylic acids is 1. The van der Waals surface area contributed by atoms with E-state index in [4.69, 9.17) is 16.6 Å². The minimum Gasteiger partial charge on any atom is -0.480 e. The highest BCUT2D eigenvalue weighted by molar-refractivity contribution is 5.97. The number of nitrogens with one attached hydrogen (secondary N) is 7. The fraction of sp³-hybridized carbons (Fsp3) is 0.524. The summed E-state index contributed by atoms with van der Waals surface area (Å²) < 4.78 is 40.9. The molecule has 0 aliphatic heterocycles. The molecule has 7 amide bonds. The summed E-state index contributed by atoms with van der Waals surface area (Å²) >= 11 is 0. The molecule has 18 nitrogen and oxygen atoms in total. The normalized spacial score (nSPS) is 14.7. The van der Waals surface area contributed by atoms with Gasteiger partial charge in [-0.25, -0.2) is 0 Å². The first-order chi connectivity index (χ1) is 29.5. The highest BCUT2D eigenvalue weighted by Crippen LogP contribution is 2.32. The van der Waals surface area contributed by atoms with Crippen LogP contribution in [0.15, 0.2) is 54.6 Å². The van der Waals surface area contributed by atoms with E-state index in [0.29, 0.717) is 18.4 Å². The Bertz CT molecular complexity index is 1890. The Morgan fingerprint density at radius 3 is 1.65 bits per heavy atom. The van der Waals surface area contributed by atoms with Crippen molar-refractivity contribution >= 4 is 47.3 Å². The summed E-state index contributed by atoms with van der Waals surface area (Å²) in [4.78, 5) is 103. The van der Waals surface area contributed by atoms with Gasteiger partial charge in [-0.15, -0.1) is 0 Å². The van der Waals surface area contributed by atoms with E-state index in [1.165, 1.54) is 39.0 Å². The smallest absolute Gasteiger partial charge is 0.416 e. The Morgan fingerprint density at radius 2 is 1.10 bits per heavy atom. The van der Waals surface area contributed by atoms with E-state index in [2.05, 4.69) is 37.2 Å². The highest BCUT2D eigenvalue weighted by Gasteiger charge is 2.35. The van der Waals surface area contributed by atoms with Gasteiger partial charge in [0.1, 0.15) is 42.8 Å². The Kier molecular flexibility index (Phi) is 21.7. The number of halogens is 3. The van der Waals surface area contributed by atoms with Crippen molar-refractivity contribution in [2.45, 2.75) is 122 Å². The summed E-state index contributed by atoms with van der Waals surface area (Å²) in [6, 6.07) is 4.41. The third-order valence-electron chi connectivity index (χ3n) is 9.60. The standard InChI is InChI=1S/C42H60F3N9O9/c1-23(2)19-32(53-38(60)30(47)21-28-15-9-10-16-29(28)42(43,44)45)40(62)54-33(20-27-13-7-6-8-14-27)41(63)52-31(17-11-12-18-46)39(61)51-26(5)37(59)50-25(4)36(58)49-24(3)35(57)48-22-34(55)56/h6-10,13-16,23-26,30-33H,11-12,17-22,46-47H2,1-5H3,(H,48,57)(H,49,58)(H,50,59)(H,51,61)(H,52,63)(H,53,60)(H,54,62)(H,55,56)/t24-,25-,26-,30-,31-,32-,33-/m0/s1. The number of benzene rings is 2. The molecule has 0 unspecified atom stereocenters. The molecule has 0 heterocycles. The van der Waals surface area contributed by atoms with E-state index in [0.717, 1.165) is 6.07 Å². The molecule has 348 valence electrons. The van der Waals surface area contributed by atoms with Gasteiger partial charge in [0.25, 0.3) is 0 Å². The minimum absolute atomic E-state index is 0.0641. The number of carboxylic acid groups (broad SMARTS) is 1. The summed E-state index contributed by atoms with van der Waals surface area (Å²) in [5.41, 5.74) is 11.2. The van der Waals surface area contributed by atoms with Crippen molar-refractivity contribution in [3.05, 3.63) is 71.3 Å². The third-order valence-corrected chi connectivity index (χ3v) is 9.60. The zero-order valence-electron chi connectivity index (χ0n) is 36.0. The molecule has 21 heteroatoms. The molecule has 12 N–H and O–H groups in total. The molecule has 0 aliphatic carbocycles. The number of hydrogen-bond donors (Lipinski definition) is 10. The van der Waals surface area contributed by atoms with Crippen LogP contribution in [0.5, 0.6) is 0 Å². The third kappa shape index (κ3) is 18.8. The summed E-state index contributed by atoms with van der Waals surface area (Å²) in [5, 5.41) is 26.0. The molecule has 0 fully saturated rings. The largest absolute Gasteiger partial charge is 0.480 e. The van der Waals surface area contributed by atoms with Crippen LogP contribution in [0.1, 0.15) is 77.0 Å². The first kappa shape index (κ1) is 53.0. The number of hydrogen-bond acceptors (Lipinski definition) is 10. The van der Waals surface area contributed by atoms with Crippen LogP contribution in [0.4, 0.5) is 13.2 Å². The van der Waals surface area contributed by atoms with Crippen LogP contribution in [0.25, 0.3) is 0 Å². The van der Waals surface area contributed by atoms with Crippen molar-refractivity contribution in [2.24, 2.45) is 17.4 Å². The van der Waals surface area contributed by atoms with Gasteiger partial charge in [0.15, 0.2) is 0 Å². The SMILES string of the molecule is CC(C)C[C@H](NC(=O)[C@@H](N)Cc1ccccc1C(F)(F)F)C(=O)N[C@@H](Cc1ccccc1)C(=O)N[C@@H](CCCCN)C(=O)N[C@@H](C)C(=O)N[C@@H](C)C(=O)N[C@@H](C)C(=O)NCC(=O)O. The van der Waals surface area contributed by atoms with Crippen LogP contribution in [-0.2, 0) is 57.4 Å². The molecular weight excluding hydrogens is 832 g/mol. The van der Waals surface area contributed by atoms with E-state index in [1.54, 1.807) is 44.2 Å². The van der Waals surface area contributed by atoms with E-state index >= 15 is 0 Å². The van der Waals surface area contributed by atoms with Crippen LogP contribution in [0.2, 0.25) is 0 Å². The van der Waals surface area contributed by atoms with E-state index in [-0.39, 0.29) is 37.3 Å². The number of carbonyl (C=O) groups excluding carboxylic acids is 7. The van der Waals surface area contributed by atoms with Crippen LogP contribution in [-0.4, -0.2) is 108 Å². The van der Waals surface area contributed by atoms with Crippen molar-refractivity contribution in [3.8, 4) is 0 Å². The average molecular weight is 892 g/mol. The molecule has 0 spiro atoms. The zero-order valence-corrected chi connectivity index (χ0v) is 36.0. The van der Waals surface area contributed by atoms with Crippen LogP contribution in [0, 0.1) is 5.92 Å². The molecule has 63 heavy (non-hydrogen) atoms. The van der Waals surface area contributed by atoms with Crippen molar-refractivity contribution < 1.29 is 56.6 Å². The second kappa shape index (κ2) is 25.8. The predicted molar refractivity (Wildman–Crippen MR) is 225 cm³/mol. The maximum atomic E-state index is 14.1. The second-order valence-corrected chi connectivity index (χ2v) is 15.6. The lowest BCUT2D eigenvalue weighted by Crippen LogP contribution is -2.59. The number of unbranched alkanes of at least 4 members (excludes halogenated alkanes) is 1. The molecular formula is C42H60F3N9O9. The van der Waals surface area contributed by atoms with E-state index in [1.807, 2.05) is 0 Å². The number of amides is 7. The van der Waals surface area contributed by atoms with Gasteiger partial charge in [-0.1, -0.05) is 62.4 Å². The summed E-state index contributed by atoms with van der Waals surface area (Å²) in [7, 11) is 0. The molecule has 0 radical (unpaired) electrons. The number of rotatable bonds is 25. The first-order valence-electron chi connectivity index (χ1n) is 20.5. The Morgan fingerprint density at radius 1 is 0.603 bits per heavy atom. The molecule has 2 rings (SSSR count). The van der Waals surface area contributed by atoms with Crippen LogP contribution >= 0.6 is 0 Å². The molecule has 0 bridgehead atoms. The second-order valence-electron chi connectivity index (χ2n) is 15.6. The lowest BCUT2D eigenvalue weighted by Gasteiger charge is -2.27. The molecule has 0 aromatic heterocycles. The summed E-state index contributed by atoms with van der Waals surface area (Å²) in [6.07, 6.45) is -4.26. The lowest BCUT2D eigenvalue weighted by atomic mass is 9.98. The van der Waals surface area contributed by atoms with Crippen molar-refractivity contribution in [3.63, 3.8) is 0 Å². The quantitative estimate of drug-likeness (QED) is 0.0600.